The van der Waals surface area contributed by atoms with E-state index in [0.29, 0.717) is 17.5 Å². The normalized spacial score (nSPS) is 9.81. The Labute approximate surface area is 93.1 Å². The number of nitrogens with zero attached hydrogens (tertiary/aromatic N) is 1. The van der Waals surface area contributed by atoms with Crippen molar-refractivity contribution in [2.45, 2.75) is 0 Å². The summed E-state index contributed by atoms with van der Waals surface area (Å²) >= 11 is 0. The zero-order valence-corrected chi connectivity index (χ0v) is 8.75. The first kappa shape index (κ1) is 10.3. The summed E-state index contributed by atoms with van der Waals surface area (Å²) in [5.74, 6) is 1.76. The van der Waals surface area contributed by atoms with Crippen LogP contribution in [0.4, 0.5) is 0 Å². The minimum absolute atomic E-state index is 0.200. The second kappa shape index (κ2) is 4.53. The number of phenolic OH excluding ortho intramolecular Hbond substituents is 1. The van der Waals surface area contributed by atoms with Gasteiger partial charge in [0.05, 0.1) is 7.11 Å². The highest BCUT2D eigenvalue weighted by molar-refractivity contribution is 5.33. The number of hydrogen-bond donors (Lipinski definition) is 1. The number of aromatic nitrogens is 1. The summed E-state index contributed by atoms with van der Waals surface area (Å²) in [5, 5.41) is 9.11. The van der Waals surface area contributed by atoms with Gasteiger partial charge >= 0.3 is 0 Å². The zero-order chi connectivity index (χ0) is 11.4. The van der Waals surface area contributed by atoms with Crippen LogP contribution in [0.15, 0.2) is 42.5 Å². The molecule has 0 saturated heterocycles. The average molecular weight is 217 g/mol. The first-order valence-corrected chi connectivity index (χ1v) is 4.76. The monoisotopic (exact) mass is 217 g/mol. The van der Waals surface area contributed by atoms with Gasteiger partial charge in [-0.3, -0.25) is 0 Å². The van der Waals surface area contributed by atoms with E-state index in [1.165, 1.54) is 0 Å². The van der Waals surface area contributed by atoms with Crippen molar-refractivity contribution in [3.05, 3.63) is 42.5 Å². The Hall–Kier alpha value is -2.23. The van der Waals surface area contributed by atoms with Gasteiger partial charge in [-0.2, -0.15) is 4.98 Å². The van der Waals surface area contributed by atoms with E-state index in [0.717, 1.165) is 0 Å². The second-order valence-electron chi connectivity index (χ2n) is 3.11. The van der Waals surface area contributed by atoms with Gasteiger partial charge in [-0.05, 0) is 24.3 Å². The van der Waals surface area contributed by atoms with Gasteiger partial charge in [0.2, 0.25) is 11.8 Å². The number of aromatic hydroxyl groups is 1. The summed E-state index contributed by atoms with van der Waals surface area (Å²) in [6, 6.07) is 11.7. The smallest absolute Gasteiger partial charge is 0.222 e. The molecule has 0 spiro atoms. The van der Waals surface area contributed by atoms with Crippen LogP contribution in [-0.4, -0.2) is 17.2 Å². The maximum Gasteiger partial charge on any atom is 0.222 e. The molecule has 0 aliphatic heterocycles. The molecular formula is C12H11NO3. The molecule has 16 heavy (non-hydrogen) atoms. The molecule has 0 fully saturated rings. The number of hydrogen-bond acceptors (Lipinski definition) is 4. The highest BCUT2D eigenvalue weighted by atomic mass is 16.5. The van der Waals surface area contributed by atoms with E-state index in [1.54, 1.807) is 49.6 Å². The van der Waals surface area contributed by atoms with Gasteiger partial charge < -0.3 is 14.6 Å². The van der Waals surface area contributed by atoms with E-state index in [9.17, 15) is 0 Å². The highest BCUT2D eigenvalue weighted by Gasteiger charge is 2.00. The largest absolute Gasteiger partial charge is 0.508 e. The first-order valence-electron chi connectivity index (χ1n) is 4.76. The molecule has 0 atom stereocenters. The minimum Gasteiger partial charge on any atom is -0.508 e. The third-order valence-electron chi connectivity index (χ3n) is 1.97. The lowest BCUT2D eigenvalue weighted by Crippen LogP contribution is -1.90. The maximum atomic E-state index is 9.11. The van der Waals surface area contributed by atoms with Crippen molar-refractivity contribution in [2.24, 2.45) is 0 Å². The number of pyridine rings is 1. The van der Waals surface area contributed by atoms with Crippen LogP contribution in [0, 0.1) is 0 Å². The molecule has 0 aliphatic rings. The predicted octanol–water partition coefficient (Wildman–Crippen LogP) is 2.59. The fourth-order valence-corrected chi connectivity index (χ4v) is 1.20. The molecule has 2 rings (SSSR count). The summed E-state index contributed by atoms with van der Waals surface area (Å²) in [6.45, 7) is 0. The molecule has 1 N–H and O–H groups in total. The van der Waals surface area contributed by atoms with Crippen LogP contribution in [0.5, 0.6) is 23.3 Å². The van der Waals surface area contributed by atoms with Crippen molar-refractivity contribution in [3.8, 4) is 23.3 Å². The van der Waals surface area contributed by atoms with Crippen LogP contribution < -0.4 is 9.47 Å². The molecule has 4 nitrogen and oxygen atoms in total. The fourth-order valence-electron chi connectivity index (χ4n) is 1.20. The van der Waals surface area contributed by atoms with Gasteiger partial charge in [-0.15, -0.1) is 0 Å². The van der Waals surface area contributed by atoms with Crippen LogP contribution in [0.2, 0.25) is 0 Å². The lowest BCUT2D eigenvalue weighted by molar-refractivity contribution is 0.383. The van der Waals surface area contributed by atoms with Crippen LogP contribution in [0.3, 0.4) is 0 Å². The van der Waals surface area contributed by atoms with Crippen molar-refractivity contribution in [3.63, 3.8) is 0 Å². The van der Waals surface area contributed by atoms with Gasteiger partial charge in [0.15, 0.2) is 0 Å². The van der Waals surface area contributed by atoms with E-state index < -0.39 is 0 Å². The first-order chi connectivity index (χ1) is 7.78. The summed E-state index contributed by atoms with van der Waals surface area (Å²) in [5.41, 5.74) is 0. The Morgan fingerprint density at radius 1 is 1.00 bits per heavy atom. The molecule has 0 aliphatic carbocycles. The van der Waals surface area contributed by atoms with Crippen molar-refractivity contribution in [1.82, 2.24) is 4.98 Å². The topological polar surface area (TPSA) is 51.6 Å². The lowest BCUT2D eigenvalue weighted by Gasteiger charge is -2.05. The Balaban J connectivity index is 2.16. The molecule has 4 heteroatoms. The summed E-state index contributed by atoms with van der Waals surface area (Å²) in [7, 11) is 1.55. The van der Waals surface area contributed by atoms with E-state index in [4.69, 9.17) is 14.6 Å². The number of methoxy groups -OCH3 is 1. The van der Waals surface area contributed by atoms with E-state index in [2.05, 4.69) is 4.98 Å². The van der Waals surface area contributed by atoms with Gasteiger partial charge in [0.1, 0.15) is 11.5 Å². The molecule has 2 aromatic rings. The van der Waals surface area contributed by atoms with Crippen molar-refractivity contribution < 1.29 is 14.6 Å². The molecule has 1 aromatic heterocycles. The fraction of sp³-hybridized carbons (Fsp3) is 0.0833. The second-order valence-corrected chi connectivity index (χ2v) is 3.11. The number of rotatable bonds is 3. The number of ether oxygens (including phenoxy) is 2. The SMILES string of the molecule is COc1cccc(Oc2ccc(O)cc2)n1. The van der Waals surface area contributed by atoms with E-state index >= 15 is 0 Å². The van der Waals surface area contributed by atoms with Gasteiger partial charge in [0.25, 0.3) is 0 Å². The highest BCUT2D eigenvalue weighted by Crippen LogP contribution is 2.23. The van der Waals surface area contributed by atoms with Crippen molar-refractivity contribution in [1.29, 1.82) is 0 Å². The summed E-state index contributed by atoms with van der Waals surface area (Å²) < 4.78 is 10.5. The Morgan fingerprint density at radius 3 is 2.38 bits per heavy atom. The minimum atomic E-state index is 0.200. The quantitative estimate of drug-likeness (QED) is 0.858. The summed E-state index contributed by atoms with van der Waals surface area (Å²) in [4.78, 5) is 4.10. The van der Waals surface area contributed by atoms with Crippen LogP contribution >= 0.6 is 0 Å². The molecule has 0 radical (unpaired) electrons. The van der Waals surface area contributed by atoms with Crippen LogP contribution in [0.1, 0.15) is 0 Å². The van der Waals surface area contributed by atoms with Crippen molar-refractivity contribution in [2.75, 3.05) is 7.11 Å². The third-order valence-corrected chi connectivity index (χ3v) is 1.97. The number of benzene rings is 1. The molecule has 0 bridgehead atoms. The zero-order valence-electron chi connectivity index (χ0n) is 8.75. The Bertz CT molecular complexity index is 468. The van der Waals surface area contributed by atoms with Crippen LogP contribution in [-0.2, 0) is 0 Å². The molecule has 82 valence electrons. The average Bonchev–Trinajstić information content (AvgIpc) is 2.32. The standard InChI is InChI=1S/C12H11NO3/c1-15-11-3-2-4-12(13-11)16-10-7-5-9(14)6-8-10/h2-8,14H,1H3. The lowest BCUT2D eigenvalue weighted by atomic mass is 10.3. The number of phenols is 1. The molecular weight excluding hydrogens is 206 g/mol. The third kappa shape index (κ3) is 2.42. The Morgan fingerprint density at radius 2 is 1.69 bits per heavy atom. The predicted molar refractivity (Wildman–Crippen MR) is 59.0 cm³/mol. The Kier molecular flexibility index (Phi) is 2.91. The van der Waals surface area contributed by atoms with E-state index in [1.807, 2.05) is 0 Å². The van der Waals surface area contributed by atoms with Gasteiger partial charge in [0, 0.05) is 12.1 Å². The van der Waals surface area contributed by atoms with Crippen molar-refractivity contribution >= 4 is 0 Å². The molecule has 0 amide bonds. The van der Waals surface area contributed by atoms with E-state index in [-0.39, 0.29) is 5.75 Å². The van der Waals surface area contributed by atoms with Crippen LogP contribution in [0.25, 0.3) is 0 Å². The molecule has 0 unspecified atom stereocenters. The van der Waals surface area contributed by atoms with Gasteiger partial charge in [-0.1, -0.05) is 6.07 Å². The maximum absolute atomic E-state index is 9.11. The summed E-state index contributed by atoms with van der Waals surface area (Å²) in [6.07, 6.45) is 0. The molecule has 1 aromatic carbocycles. The molecule has 0 saturated carbocycles. The van der Waals surface area contributed by atoms with Gasteiger partial charge in [-0.25, -0.2) is 0 Å². The molecule has 1 heterocycles.